The molecule has 0 fully saturated rings. The zero-order valence-electron chi connectivity index (χ0n) is 17.8. The molecule has 2 aromatic heterocycles. The number of nitrogens with zero attached hydrogens (tertiary/aromatic N) is 2. The highest BCUT2D eigenvalue weighted by molar-refractivity contribution is 7.14. The topological polar surface area (TPSA) is 178 Å². The maximum atomic E-state index is 13.1. The van der Waals surface area contributed by atoms with Crippen LogP contribution in [0.25, 0.3) is 11.3 Å². The van der Waals surface area contributed by atoms with Crippen LogP contribution in [0.4, 0.5) is 17.2 Å². The van der Waals surface area contributed by atoms with E-state index in [1.54, 1.807) is 30.3 Å². The molecule has 0 saturated heterocycles. The molecule has 0 atom stereocenters. The van der Waals surface area contributed by atoms with Crippen molar-refractivity contribution in [2.45, 2.75) is 33.0 Å². The van der Waals surface area contributed by atoms with Crippen LogP contribution in [0.1, 0.15) is 23.6 Å². The summed E-state index contributed by atoms with van der Waals surface area (Å²) in [5, 5.41) is 13.3. The minimum Gasteiger partial charge on any atom is -0.399 e. The van der Waals surface area contributed by atoms with Gasteiger partial charge in [0.15, 0.2) is 5.82 Å². The number of amidine groups is 1. The van der Waals surface area contributed by atoms with E-state index in [0.717, 1.165) is 4.88 Å². The fourth-order valence-electron chi connectivity index (χ4n) is 3.07. The lowest BCUT2D eigenvalue weighted by Gasteiger charge is -2.16. The first-order valence-electron chi connectivity index (χ1n) is 9.86. The fourth-order valence-corrected chi connectivity index (χ4v) is 3.88. The Labute approximate surface area is 189 Å². The summed E-state index contributed by atoms with van der Waals surface area (Å²) in [5.74, 6) is -0.227. The van der Waals surface area contributed by atoms with Crippen molar-refractivity contribution in [3.05, 3.63) is 56.6 Å². The third-order valence-corrected chi connectivity index (χ3v) is 5.56. The number of aromatic nitrogens is 2. The second kappa shape index (κ2) is 9.52. The summed E-state index contributed by atoms with van der Waals surface area (Å²) in [4.78, 5) is 31.5. The van der Waals surface area contributed by atoms with Crippen LogP contribution in [0.5, 0.6) is 0 Å². The number of nitrogen functional groups attached to an aromatic ring is 3. The van der Waals surface area contributed by atoms with E-state index in [0.29, 0.717) is 27.5 Å². The van der Waals surface area contributed by atoms with Gasteiger partial charge in [0, 0.05) is 27.9 Å². The quantitative estimate of drug-likeness (QED) is 0.170. The minimum atomic E-state index is -0.428. The van der Waals surface area contributed by atoms with E-state index >= 15 is 0 Å². The number of anilines is 3. The van der Waals surface area contributed by atoms with Crippen LogP contribution in [-0.4, -0.2) is 27.3 Å². The van der Waals surface area contributed by atoms with Crippen LogP contribution < -0.4 is 33.4 Å². The second-order valence-corrected chi connectivity index (χ2v) is 8.70. The number of thiophene rings is 1. The predicted octanol–water partition coefficient (Wildman–Crippen LogP) is 1.56. The van der Waals surface area contributed by atoms with E-state index in [1.165, 1.54) is 22.1 Å². The lowest BCUT2D eigenvalue weighted by atomic mass is 10.1. The summed E-state index contributed by atoms with van der Waals surface area (Å²) in [6.45, 7) is 3.82. The first kappa shape index (κ1) is 22.8. The smallest absolute Gasteiger partial charge is 0.294 e. The van der Waals surface area contributed by atoms with Crippen molar-refractivity contribution in [2.24, 2.45) is 5.73 Å². The average molecular weight is 455 g/mol. The highest BCUT2D eigenvalue weighted by Crippen LogP contribution is 2.24. The van der Waals surface area contributed by atoms with E-state index in [2.05, 4.69) is 15.6 Å². The third-order valence-electron chi connectivity index (χ3n) is 4.44. The number of benzene rings is 1. The molecule has 0 aliphatic rings. The molecule has 2 heterocycles. The molecule has 10 nitrogen and oxygen atoms in total. The molecule has 1 aromatic carbocycles. The van der Waals surface area contributed by atoms with Gasteiger partial charge in [0.2, 0.25) is 5.91 Å². The lowest BCUT2D eigenvalue weighted by molar-refractivity contribution is -0.121. The summed E-state index contributed by atoms with van der Waals surface area (Å²) >= 11 is 1.32. The number of nitrogens with two attached hydrogens (primary N) is 3. The predicted molar refractivity (Wildman–Crippen MR) is 129 cm³/mol. The Bertz CT molecular complexity index is 1190. The Morgan fingerprint density at radius 3 is 2.50 bits per heavy atom. The van der Waals surface area contributed by atoms with Crippen molar-refractivity contribution >= 4 is 40.3 Å². The van der Waals surface area contributed by atoms with E-state index in [-0.39, 0.29) is 36.7 Å². The Morgan fingerprint density at radius 1 is 1.22 bits per heavy atom. The first-order valence-corrected chi connectivity index (χ1v) is 10.7. The van der Waals surface area contributed by atoms with Gasteiger partial charge < -0.3 is 27.8 Å². The molecule has 0 bridgehead atoms. The van der Waals surface area contributed by atoms with Crippen LogP contribution in [0.2, 0.25) is 0 Å². The van der Waals surface area contributed by atoms with Gasteiger partial charge in [-0.2, -0.15) is 0 Å². The normalized spacial score (nSPS) is 10.8. The average Bonchev–Trinajstić information content (AvgIpc) is 3.18. The molecule has 0 radical (unpaired) electrons. The summed E-state index contributed by atoms with van der Waals surface area (Å²) in [7, 11) is 0. The zero-order valence-corrected chi connectivity index (χ0v) is 18.6. The van der Waals surface area contributed by atoms with E-state index < -0.39 is 5.56 Å². The molecule has 3 aromatic rings. The summed E-state index contributed by atoms with van der Waals surface area (Å²) in [5.41, 5.74) is 18.8. The first-order chi connectivity index (χ1) is 15.1. The second-order valence-electron chi connectivity index (χ2n) is 7.53. The number of carbonyl (C=O) groups excluding carboxylic acids is 1. The van der Waals surface area contributed by atoms with Crippen LogP contribution in [0.3, 0.4) is 0 Å². The van der Waals surface area contributed by atoms with Gasteiger partial charge in [0.25, 0.3) is 5.56 Å². The van der Waals surface area contributed by atoms with Crippen molar-refractivity contribution in [1.29, 1.82) is 5.41 Å². The fraction of sp³-hybridized carbons (Fsp3) is 0.238. The number of hydrogen-bond donors (Lipinski definition) is 6. The van der Waals surface area contributed by atoms with Crippen LogP contribution in [0, 0.1) is 5.41 Å². The van der Waals surface area contributed by atoms with Gasteiger partial charge >= 0.3 is 0 Å². The molecule has 0 spiro atoms. The maximum absolute atomic E-state index is 13.1. The Morgan fingerprint density at radius 2 is 1.91 bits per heavy atom. The largest absolute Gasteiger partial charge is 0.399 e. The van der Waals surface area contributed by atoms with Gasteiger partial charge in [0.05, 0.1) is 23.3 Å². The zero-order chi connectivity index (χ0) is 23.4. The third kappa shape index (κ3) is 5.43. The van der Waals surface area contributed by atoms with Crippen LogP contribution >= 0.6 is 11.3 Å². The molecule has 0 aliphatic heterocycles. The van der Waals surface area contributed by atoms with Crippen molar-refractivity contribution < 1.29 is 4.79 Å². The Hall–Kier alpha value is -3.86. The summed E-state index contributed by atoms with van der Waals surface area (Å²) in [6, 6.07) is 8.47. The van der Waals surface area contributed by atoms with E-state index in [4.69, 9.17) is 22.6 Å². The van der Waals surface area contributed by atoms with Crippen molar-refractivity contribution in [2.75, 3.05) is 16.8 Å². The van der Waals surface area contributed by atoms with E-state index in [9.17, 15) is 9.59 Å². The molecule has 0 unspecified atom stereocenters. The summed E-state index contributed by atoms with van der Waals surface area (Å²) in [6.07, 6.45) is 1.52. The number of amides is 1. The number of hydrogen-bond acceptors (Lipinski definition) is 8. The van der Waals surface area contributed by atoms with Gasteiger partial charge in [-0.3, -0.25) is 19.6 Å². The molecule has 0 aliphatic carbocycles. The summed E-state index contributed by atoms with van der Waals surface area (Å²) < 4.78 is 1.34. The van der Waals surface area contributed by atoms with Gasteiger partial charge in [-0.1, -0.05) is 0 Å². The van der Waals surface area contributed by atoms with Gasteiger partial charge in [-0.25, -0.2) is 4.98 Å². The minimum absolute atomic E-state index is 0.0133. The molecular formula is C21H26N8O2S. The van der Waals surface area contributed by atoms with Gasteiger partial charge in [-0.05, 0) is 44.2 Å². The highest BCUT2D eigenvalue weighted by atomic mass is 32.1. The van der Waals surface area contributed by atoms with Crippen molar-refractivity contribution in [3.8, 4) is 11.3 Å². The van der Waals surface area contributed by atoms with Crippen LogP contribution in [0.15, 0.2) is 41.3 Å². The molecule has 0 saturated carbocycles. The highest BCUT2D eigenvalue weighted by Gasteiger charge is 2.16. The monoisotopic (exact) mass is 454 g/mol. The molecule has 9 N–H and O–H groups in total. The van der Waals surface area contributed by atoms with Crippen molar-refractivity contribution in [3.63, 3.8) is 0 Å². The molecule has 11 heteroatoms. The van der Waals surface area contributed by atoms with Crippen molar-refractivity contribution in [1.82, 2.24) is 14.9 Å². The molecule has 3 rings (SSSR count). The van der Waals surface area contributed by atoms with E-state index in [1.807, 2.05) is 13.8 Å². The Kier molecular flexibility index (Phi) is 6.79. The molecular weight excluding hydrogens is 428 g/mol. The molecule has 32 heavy (non-hydrogen) atoms. The maximum Gasteiger partial charge on any atom is 0.294 e. The van der Waals surface area contributed by atoms with Crippen LogP contribution in [-0.2, 0) is 17.9 Å². The lowest BCUT2D eigenvalue weighted by Crippen LogP contribution is -2.34. The molecule has 1 amide bonds. The van der Waals surface area contributed by atoms with Gasteiger partial charge in [-0.15, -0.1) is 11.3 Å². The number of carbonyl (C=O) groups is 1. The molecule has 168 valence electrons. The number of nitrogens with one attached hydrogen (secondary N) is 3. The van der Waals surface area contributed by atoms with Gasteiger partial charge in [0.1, 0.15) is 12.4 Å². The number of rotatable bonds is 8. The Balaban J connectivity index is 1.90. The SMILES string of the molecule is CC(C)Nc1ncc(-c2cc(N)cc(N)c2)n(CC(=O)NCc2ccc(C(=N)N)s2)c1=O. The standard InChI is InChI=1S/C21H26N8O2S/c1-11(2)28-20-21(31)29(16(9-27-20)12-5-13(22)7-14(23)6-12)10-18(30)26-8-15-3-4-17(32-15)19(24)25/h3-7,9,11H,8,10,22-23H2,1-2H3,(H3,24,25)(H,26,30)(H,27,28).